The summed E-state index contributed by atoms with van der Waals surface area (Å²) in [5.41, 5.74) is 2.26. The number of sulfone groups is 1. The molecular weight excluding hydrogens is 394 g/mol. The van der Waals surface area contributed by atoms with Crippen molar-refractivity contribution in [1.82, 2.24) is 0 Å². The van der Waals surface area contributed by atoms with Crippen LogP contribution in [0.25, 0.3) is 11.1 Å². The van der Waals surface area contributed by atoms with Gasteiger partial charge in [-0.3, -0.25) is 0 Å². The smallest absolute Gasteiger partial charge is 0.179 e. The van der Waals surface area contributed by atoms with Gasteiger partial charge < -0.3 is 5.11 Å². The number of nitriles is 1. The molecule has 1 aliphatic carbocycles. The molecule has 1 saturated carbocycles. The van der Waals surface area contributed by atoms with Gasteiger partial charge in [-0.25, -0.2) is 8.42 Å². The SMILES string of the molecule is N#Cc1ccc(-c2ccc(S(=O)(=O)CCCC3CCC(O)CC3)c(Cl)c2)cc1. The Hall–Kier alpha value is -1.87. The number of hydrogen-bond donors (Lipinski definition) is 1. The highest BCUT2D eigenvalue weighted by atomic mass is 35.5. The van der Waals surface area contributed by atoms with Crippen LogP contribution in [0.1, 0.15) is 44.1 Å². The summed E-state index contributed by atoms with van der Waals surface area (Å²) in [6.45, 7) is 0. The van der Waals surface area contributed by atoms with Crippen molar-refractivity contribution in [1.29, 1.82) is 5.26 Å². The topological polar surface area (TPSA) is 78.2 Å². The minimum absolute atomic E-state index is 0.0853. The zero-order valence-corrected chi connectivity index (χ0v) is 17.2. The number of nitrogens with zero attached hydrogens (tertiary/aromatic N) is 1. The van der Waals surface area contributed by atoms with Crippen LogP contribution in [0.3, 0.4) is 0 Å². The lowest BCUT2D eigenvalue weighted by atomic mass is 9.85. The van der Waals surface area contributed by atoms with E-state index in [2.05, 4.69) is 6.07 Å². The molecule has 3 rings (SSSR count). The van der Waals surface area contributed by atoms with Crippen LogP contribution in [0.5, 0.6) is 0 Å². The van der Waals surface area contributed by atoms with Crippen LogP contribution in [-0.2, 0) is 9.84 Å². The van der Waals surface area contributed by atoms with Crippen molar-refractivity contribution in [2.45, 2.75) is 49.5 Å². The third-order valence-corrected chi connectivity index (χ3v) is 7.73. The molecule has 148 valence electrons. The van der Waals surface area contributed by atoms with E-state index in [4.69, 9.17) is 16.9 Å². The van der Waals surface area contributed by atoms with Crippen LogP contribution in [0.4, 0.5) is 0 Å². The first-order valence-electron chi connectivity index (χ1n) is 9.60. The Morgan fingerprint density at radius 2 is 1.68 bits per heavy atom. The summed E-state index contributed by atoms with van der Waals surface area (Å²) in [5, 5.41) is 18.7. The Morgan fingerprint density at radius 1 is 1.04 bits per heavy atom. The van der Waals surface area contributed by atoms with Crippen molar-refractivity contribution in [3.05, 3.63) is 53.1 Å². The van der Waals surface area contributed by atoms with Gasteiger partial charge in [0.15, 0.2) is 9.84 Å². The monoisotopic (exact) mass is 417 g/mol. The van der Waals surface area contributed by atoms with Crippen molar-refractivity contribution in [3.8, 4) is 17.2 Å². The predicted octanol–water partition coefficient (Wildman–Crippen LogP) is 4.98. The minimum atomic E-state index is -3.44. The molecule has 0 aromatic heterocycles. The van der Waals surface area contributed by atoms with E-state index >= 15 is 0 Å². The van der Waals surface area contributed by atoms with E-state index in [9.17, 15) is 13.5 Å². The number of aliphatic hydroxyl groups excluding tert-OH is 1. The third-order valence-electron chi connectivity index (χ3n) is 5.46. The summed E-state index contributed by atoms with van der Waals surface area (Å²) >= 11 is 6.31. The highest BCUT2D eigenvalue weighted by Gasteiger charge is 2.22. The molecule has 0 atom stereocenters. The zero-order chi connectivity index (χ0) is 20.1. The molecular formula is C22H24ClNO3S. The Kier molecular flexibility index (Phi) is 6.77. The van der Waals surface area contributed by atoms with E-state index in [1.54, 1.807) is 30.3 Å². The molecule has 2 aromatic rings. The second-order valence-electron chi connectivity index (χ2n) is 7.47. The van der Waals surface area contributed by atoms with Crippen LogP contribution in [-0.4, -0.2) is 25.4 Å². The van der Waals surface area contributed by atoms with E-state index < -0.39 is 9.84 Å². The molecule has 6 heteroatoms. The van der Waals surface area contributed by atoms with Gasteiger partial charge in [-0.15, -0.1) is 0 Å². The fourth-order valence-corrected chi connectivity index (χ4v) is 5.71. The lowest BCUT2D eigenvalue weighted by molar-refractivity contribution is 0.106. The fraction of sp³-hybridized carbons (Fsp3) is 0.409. The number of halogens is 1. The summed E-state index contributed by atoms with van der Waals surface area (Å²) in [6, 6.07) is 14.1. The Morgan fingerprint density at radius 3 is 2.29 bits per heavy atom. The average Bonchev–Trinajstić information content (AvgIpc) is 2.69. The number of benzene rings is 2. The standard InChI is InChI=1S/C22H24ClNO3S/c23-21-14-19(18-7-3-17(15-24)4-8-18)9-12-22(21)28(26,27)13-1-2-16-5-10-20(25)11-6-16/h3-4,7-9,12,14,16,20,25H,1-2,5-6,10-11,13H2. The van der Waals surface area contributed by atoms with Crippen LogP contribution in [0.2, 0.25) is 5.02 Å². The molecule has 28 heavy (non-hydrogen) atoms. The first-order valence-corrected chi connectivity index (χ1v) is 11.6. The van der Waals surface area contributed by atoms with Crippen LogP contribution < -0.4 is 0 Å². The summed E-state index contributed by atoms with van der Waals surface area (Å²) in [5.74, 6) is 0.593. The molecule has 1 aliphatic rings. The summed E-state index contributed by atoms with van der Waals surface area (Å²) in [4.78, 5) is 0.172. The van der Waals surface area contributed by atoms with Gasteiger partial charge in [0, 0.05) is 0 Å². The first kappa shape index (κ1) is 20.9. The molecule has 0 aliphatic heterocycles. The molecule has 1 N–H and O–H groups in total. The number of aliphatic hydroxyl groups is 1. The van der Waals surface area contributed by atoms with Crippen LogP contribution >= 0.6 is 11.6 Å². The van der Waals surface area contributed by atoms with Gasteiger partial charge in [-0.2, -0.15) is 5.26 Å². The van der Waals surface area contributed by atoms with E-state index in [1.165, 1.54) is 0 Å². The fourth-order valence-electron chi connectivity index (χ4n) is 3.78. The van der Waals surface area contributed by atoms with E-state index in [-0.39, 0.29) is 21.8 Å². The maximum Gasteiger partial charge on any atom is 0.179 e. The Balaban J connectivity index is 1.65. The summed E-state index contributed by atoms with van der Waals surface area (Å²) in [6.07, 6.45) is 4.88. The van der Waals surface area contributed by atoms with E-state index in [0.717, 1.165) is 43.2 Å². The van der Waals surface area contributed by atoms with E-state index in [0.29, 0.717) is 17.9 Å². The number of hydrogen-bond acceptors (Lipinski definition) is 4. The van der Waals surface area contributed by atoms with Gasteiger partial charge in [-0.05, 0) is 79.8 Å². The summed E-state index contributed by atoms with van der Waals surface area (Å²) in [7, 11) is -3.44. The molecule has 4 nitrogen and oxygen atoms in total. The molecule has 0 saturated heterocycles. The van der Waals surface area contributed by atoms with Crippen molar-refractivity contribution in [3.63, 3.8) is 0 Å². The molecule has 0 unspecified atom stereocenters. The maximum absolute atomic E-state index is 12.7. The Bertz CT molecular complexity index is 956. The minimum Gasteiger partial charge on any atom is -0.393 e. The maximum atomic E-state index is 12.7. The van der Waals surface area contributed by atoms with Crippen molar-refractivity contribution in [2.24, 2.45) is 5.92 Å². The number of rotatable bonds is 6. The zero-order valence-electron chi connectivity index (χ0n) is 15.6. The van der Waals surface area contributed by atoms with Gasteiger partial charge in [0.2, 0.25) is 0 Å². The second-order valence-corrected chi connectivity index (χ2v) is 9.95. The van der Waals surface area contributed by atoms with Crippen molar-refractivity contribution >= 4 is 21.4 Å². The molecule has 0 spiro atoms. The molecule has 0 amide bonds. The molecule has 0 bridgehead atoms. The van der Waals surface area contributed by atoms with Crippen LogP contribution in [0, 0.1) is 17.2 Å². The Labute approximate surface area is 171 Å². The van der Waals surface area contributed by atoms with Crippen molar-refractivity contribution < 1.29 is 13.5 Å². The highest BCUT2D eigenvalue weighted by Crippen LogP contribution is 2.31. The average molecular weight is 418 g/mol. The molecule has 0 radical (unpaired) electrons. The van der Waals surface area contributed by atoms with Crippen molar-refractivity contribution in [2.75, 3.05) is 5.75 Å². The third kappa shape index (κ3) is 5.14. The largest absolute Gasteiger partial charge is 0.393 e. The normalized spacial score (nSPS) is 19.9. The molecule has 0 heterocycles. The van der Waals surface area contributed by atoms with Gasteiger partial charge in [-0.1, -0.05) is 29.8 Å². The van der Waals surface area contributed by atoms with Gasteiger partial charge in [0.05, 0.1) is 33.4 Å². The lowest BCUT2D eigenvalue weighted by Crippen LogP contribution is -2.19. The summed E-state index contributed by atoms with van der Waals surface area (Å²) < 4.78 is 25.4. The second kappa shape index (κ2) is 9.09. The van der Waals surface area contributed by atoms with E-state index in [1.807, 2.05) is 12.1 Å². The molecule has 1 fully saturated rings. The first-order chi connectivity index (χ1) is 13.4. The van der Waals surface area contributed by atoms with Crippen LogP contribution in [0.15, 0.2) is 47.4 Å². The van der Waals surface area contributed by atoms with Gasteiger partial charge in [0.1, 0.15) is 0 Å². The molecule has 2 aromatic carbocycles. The quantitative estimate of drug-likeness (QED) is 0.718. The predicted molar refractivity (Wildman–Crippen MR) is 111 cm³/mol. The van der Waals surface area contributed by atoms with Gasteiger partial charge >= 0.3 is 0 Å². The van der Waals surface area contributed by atoms with Gasteiger partial charge in [0.25, 0.3) is 0 Å². The highest BCUT2D eigenvalue weighted by molar-refractivity contribution is 7.91. The lowest BCUT2D eigenvalue weighted by Gasteiger charge is -2.25.